The van der Waals surface area contributed by atoms with Crippen LogP contribution in [0, 0.1) is 11.3 Å². The van der Waals surface area contributed by atoms with Gasteiger partial charge in [0, 0.05) is 5.41 Å². The standard InChI is InChI=1S/C15H18O3/c1-14-5-9-3-12(18-14)10-4-11(16)13(17-2)7-15(10,6-9)8-14/h4,7,9,12H,3,5-6,8H2,1-2H3/t9-,12-,14-,15+/m0/s1. The predicted molar refractivity (Wildman–Crippen MR) is 65.9 cm³/mol. The normalized spacial score (nSPS) is 48.7. The van der Waals surface area contributed by atoms with Crippen molar-refractivity contribution in [3.63, 3.8) is 0 Å². The molecule has 2 aliphatic heterocycles. The highest BCUT2D eigenvalue weighted by Gasteiger charge is 2.60. The predicted octanol–water partition coefficient (Wildman–Crippen LogP) is 2.37. The van der Waals surface area contributed by atoms with Crippen LogP contribution in [0.5, 0.6) is 0 Å². The average Bonchev–Trinajstić information content (AvgIpc) is 2.28. The van der Waals surface area contributed by atoms with E-state index in [1.807, 2.05) is 0 Å². The molecule has 5 rings (SSSR count). The molecule has 3 aliphatic carbocycles. The van der Waals surface area contributed by atoms with Gasteiger partial charge in [0.25, 0.3) is 0 Å². The number of allylic oxidation sites excluding steroid dienone is 2. The SMILES string of the molecule is COC1=C[C@]23C[C@H]4C[C@H](O[C@@](C)(C4)C2)C3=CC1=O. The maximum atomic E-state index is 12.0. The highest BCUT2D eigenvalue weighted by Crippen LogP contribution is 2.63. The Labute approximate surface area is 107 Å². The van der Waals surface area contributed by atoms with Gasteiger partial charge in [-0.15, -0.1) is 0 Å². The minimum Gasteiger partial charge on any atom is -0.493 e. The van der Waals surface area contributed by atoms with E-state index in [1.54, 1.807) is 13.2 Å². The minimum absolute atomic E-state index is 0.000600. The first-order valence-corrected chi connectivity index (χ1v) is 6.75. The number of methoxy groups -OCH3 is 1. The number of ether oxygens (including phenoxy) is 2. The first kappa shape index (κ1) is 10.8. The van der Waals surface area contributed by atoms with Gasteiger partial charge in [0.05, 0.1) is 18.8 Å². The maximum Gasteiger partial charge on any atom is 0.220 e. The number of ketones is 1. The Morgan fingerprint density at radius 3 is 3.00 bits per heavy atom. The van der Waals surface area contributed by atoms with Crippen molar-refractivity contribution in [3.8, 4) is 0 Å². The Kier molecular flexibility index (Phi) is 1.85. The quantitative estimate of drug-likeness (QED) is 0.712. The molecule has 0 amide bonds. The molecule has 0 unspecified atom stereocenters. The molecular formula is C15H18O3. The lowest BCUT2D eigenvalue weighted by Gasteiger charge is -2.61. The number of carbonyl (C=O) groups is 1. The Bertz CT molecular complexity index is 504. The molecule has 4 fully saturated rings. The van der Waals surface area contributed by atoms with Gasteiger partial charge in [0.1, 0.15) is 0 Å². The number of rotatable bonds is 1. The van der Waals surface area contributed by atoms with E-state index in [0.717, 1.165) is 25.2 Å². The van der Waals surface area contributed by atoms with Crippen molar-refractivity contribution in [1.29, 1.82) is 0 Å². The van der Waals surface area contributed by atoms with E-state index in [0.29, 0.717) is 5.76 Å². The summed E-state index contributed by atoms with van der Waals surface area (Å²) >= 11 is 0. The first-order valence-electron chi connectivity index (χ1n) is 6.75. The van der Waals surface area contributed by atoms with Crippen LogP contribution in [-0.4, -0.2) is 24.6 Å². The second-order valence-electron chi connectivity index (χ2n) is 6.58. The minimum atomic E-state index is -0.00108. The van der Waals surface area contributed by atoms with Gasteiger partial charge in [0.2, 0.25) is 5.78 Å². The zero-order valence-corrected chi connectivity index (χ0v) is 10.9. The molecule has 0 aromatic carbocycles. The average molecular weight is 246 g/mol. The van der Waals surface area contributed by atoms with Crippen LogP contribution in [0.2, 0.25) is 0 Å². The second kappa shape index (κ2) is 3.08. The van der Waals surface area contributed by atoms with Gasteiger partial charge < -0.3 is 9.47 Å². The van der Waals surface area contributed by atoms with E-state index in [-0.39, 0.29) is 22.9 Å². The van der Waals surface area contributed by atoms with E-state index in [4.69, 9.17) is 9.47 Å². The Hall–Kier alpha value is -1.09. The molecule has 4 atom stereocenters. The summed E-state index contributed by atoms with van der Waals surface area (Å²) in [5.41, 5.74) is 1.25. The number of hydrogen-bond acceptors (Lipinski definition) is 3. The van der Waals surface area contributed by atoms with Crippen molar-refractivity contribution in [2.75, 3.05) is 7.11 Å². The number of hydrogen-bond donors (Lipinski definition) is 0. The van der Waals surface area contributed by atoms with Crippen LogP contribution in [-0.2, 0) is 14.3 Å². The molecule has 18 heavy (non-hydrogen) atoms. The summed E-state index contributed by atoms with van der Waals surface area (Å²) in [5.74, 6) is 1.26. The molecule has 1 spiro atoms. The fourth-order valence-corrected chi connectivity index (χ4v) is 4.82. The van der Waals surface area contributed by atoms with Crippen LogP contribution in [0.25, 0.3) is 0 Å². The summed E-state index contributed by atoms with van der Waals surface area (Å²) in [6, 6.07) is 0. The molecule has 0 aromatic rings. The largest absolute Gasteiger partial charge is 0.493 e. The molecule has 0 radical (unpaired) electrons. The molecule has 2 saturated heterocycles. The summed E-state index contributed by atoms with van der Waals surface area (Å²) in [4.78, 5) is 12.0. The fourth-order valence-electron chi connectivity index (χ4n) is 4.82. The van der Waals surface area contributed by atoms with Gasteiger partial charge in [-0.3, -0.25) is 4.79 Å². The fraction of sp³-hybridized carbons (Fsp3) is 0.667. The maximum absolute atomic E-state index is 12.0. The van der Waals surface area contributed by atoms with E-state index in [2.05, 4.69) is 13.0 Å². The van der Waals surface area contributed by atoms with Gasteiger partial charge >= 0.3 is 0 Å². The summed E-state index contributed by atoms with van der Waals surface area (Å²) in [6.07, 6.45) is 8.45. The molecule has 5 aliphatic rings. The molecule has 0 aromatic heterocycles. The molecule has 4 bridgehead atoms. The first-order chi connectivity index (χ1) is 8.54. The van der Waals surface area contributed by atoms with Crippen molar-refractivity contribution in [3.05, 3.63) is 23.5 Å². The topological polar surface area (TPSA) is 35.5 Å². The molecule has 3 heteroatoms. The number of carbonyl (C=O) groups excluding carboxylic acids is 1. The molecule has 2 heterocycles. The molecule has 3 nitrogen and oxygen atoms in total. The van der Waals surface area contributed by atoms with Crippen molar-refractivity contribution in [2.24, 2.45) is 11.3 Å². The second-order valence-corrected chi connectivity index (χ2v) is 6.58. The van der Waals surface area contributed by atoms with Gasteiger partial charge in [-0.1, -0.05) is 0 Å². The van der Waals surface area contributed by atoms with Crippen LogP contribution >= 0.6 is 0 Å². The highest BCUT2D eigenvalue weighted by molar-refractivity contribution is 6.04. The molecule has 0 N–H and O–H groups in total. The summed E-state index contributed by atoms with van der Waals surface area (Å²) < 4.78 is 11.4. The Balaban J connectivity index is 1.86. The van der Waals surface area contributed by atoms with Crippen LogP contribution in [0.4, 0.5) is 0 Å². The van der Waals surface area contributed by atoms with Gasteiger partial charge in [-0.05, 0) is 56.3 Å². The molecular weight excluding hydrogens is 228 g/mol. The Morgan fingerprint density at radius 1 is 1.44 bits per heavy atom. The third-order valence-corrected chi connectivity index (χ3v) is 5.12. The van der Waals surface area contributed by atoms with Crippen molar-refractivity contribution in [2.45, 2.75) is 44.3 Å². The van der Waals surface area contributed by atoms with Crippen molar-refractivity contribution < 1.29 is 14.3 Å². The third kappa shape index (κ3) is 1.21. The van der Waals surface area contributed by atoms with E-state index < -0.39 is 0 Å². The van der Waals surface area contributed by atoms with Gasteiger partial charge in [-0.2, -0.15) is 0 Å². The van der Waals surface area contributed by atoms with Crippen molar-refractivity contribution >= 4 is 5.78 Å². The summed E-state index contributed by atoms with van der Waals surface area (Å²) in [5, 5.41) is 0. The van der Waals surface area contributed by atoms with Crippen LogP contribution in [0.15, 0.2) is 23.5 Å². The molecule has 96 valence electrons. The van der Waals surface area contributed by atoms with Crippen molar-refractivity contribution in [1.82, 2.24) is 0 Å². The Morgan fingerprint density at radius 2 is 2.28 bits per heavy atom. The third-order valence-electron chi connectivity index (χ3n) is 5.12. The zero-order chi connectivity index (χ0) is 12.5. The monoisotopic (exact) mass is 246 g/mol. The lowest BCUT2D eigenvalue weighted by Crippen LogP contribution is -2.59. The molecule has 2 saturated carbocycles. The lowest BCUT2D eigenvalue weighted by atomic mass is 9.51. The lowest BCUT2D eigenvalue weighted by molar-refractivity contribution is -0.198. The summed E-state index contributed by atoms with van der Waals surface area (Å²) in [6.45, 7) is 2.22. The van der Waals surface area contributed by atoms with Gasteiger partial charge in [0.15, 0.2) is 5.76 Å². The van der Waals surface area contributed by atoms with E-state index >= 15 is 0 Å². The zero-order valence-electron chi connectivity index (χ0n) is 10.9. The van der Waals surface area contributed by atoms with Crippen LogP contribution < -0.4 is 0 Å². The summed E-state index contributed by atoms with van der Waals surface area (Å²) in [7, 11) is 1.58. The smallest absolute Gasteiger partial charge is 0.220 e. The van der Waals surface area contributed by atoms with E-state index in [1.165, 1.54) is 12.0 Å². The van der Waals surface area contributed by atoms with Crippen LogP contribution in [0.3, 0.4) is 0 Å². The van der Waals surface area contributed by atoms with Gasteiger partial charge in [-0.25, -0.2) is 0 Å². The highest BCUT2D eigenvalue weighted by atomic mass is 16.5. The van der Waals surface area contributed by atoms with Crippen LogP contribution in [0.1, 0.15) is 32.6 Å². The van der Waals surface area contributed by atoms with E-state index in [9.17, 15) is 4.79 Å².